The highest BCUT2D eigenvalue weighted by Gasteiger charge is 2.30. The molecule has 1 unspecified atom stereocenters. The molecule has 0 aliphatic carbocycles. The number of halogens is 1. The molecule has 1 atom stereocenters. The summed E-state index contributed by atoms with van der Waals surface area (Å²) in [5, 5.41) is 8.02. The maximum atomic E-state index is 11.6. The van der Waals surface area contributed by atoms with Crippen molar-refractivity contribution in [3.63, 3.8) is 0 Å². The van der Waals surface area contributed by atoms with Crippen LogP contribution in [0.3, 0.4) is 0 Å². The number of carbonyl (C=O) groups excluding carboxylic acids is 3. The van der Waals surface area contributed by atoms with Gasteiger partial charge in [-0.15, -0.1) is 12.4 Å². The first-order chi connectivity index (χ1) is 10.1. The van der Waals surface area contributed by atoms with Gasteiger partial charge in [0.25, 0.3) is 0 Å². The van der Waals surface area contributed by atoms with E-state index in [1.54, 1.807) is 19.2 Å². The summed E-state index contributed by atoms with van der Waals surface area (Å²) < 4.78 is 0. The fourth-order valence-electron chi connectivity index (χ4n) is 2.24. The Morgan fingerprint density at radius 1 is 1.27 bits per heavy atom. The van der Waals surface area contributed by atoms with E-state index in [1.807, 2.05) is 12.1 Å². The highest BCUT2D eigenvalue weighted by Crippen LogP contribution is 2.18. The van der Waals surface area contributed by atoms with Gasteiger partial charge in [-0.2, -0.15) is 0 Å². The number of amides is 3. The van der Waals surface area contributed by atoms with Gasteiger partial charge in [0.15, 0.2) is 0 Å². The SMILES string of the molecule is CNCCC(=O)Nc1ccc(CC2CC(=O)NC2=O)cc1.Cl. The molecular weight excluding hydrogens is 306 g/mol. The maximum absolute atomic E-state index is 11.6. The average Bonchev–Trinajstić information content (AvgIpc) is 2.77. The van der Waals surface area contributed by atoms with Crippen molar-refractivity contribution < 1.29 is 14.4 Å². The van der Waals surface area contributed by atoms with Gasteiger partial charge in [-0.25, -0.2) is 0 Å². The van der Waals surface area contributed by atoms with Crippen molar-refractivity contribution >= 4 is 35.8 Å². The molecule has 0 spiro atoms. The van der Waals surface area contributed by atoms with Crippen molar-refractivity contribution in [1.82, 2.24) is 10.6 Å². The van der Waals surface area contributed by atoms with Crippen LogP contribution in [0, 0.1) is 5.92 Å². The summed E-state index contributed by atoms with van der Waals surface area (Å²) in [6.07, 6.45) is 1.20. The van der Waals surface area contributed by atoms with Crippen LogP contribution in [0.25, 0.3) is 0 Å². The zero-order valence-electron chi connectivity index (χ0n) is 12.3. The van der Waals surface area contributed by atoms with E-state index in [0.29, 0.717) is 19.4 Å². The van der Waals surface area contributed by atoms with Gasteiger partial charge < -0.3 is 10.6 Å². The minimum Gasteiger partial charge on any atom is -0.326 e. The highest BCUT2D eigenvalue weighted by atomic mass is 35.5. The first kappa shape index (κ1) is 18.1. The van der Waals surface area contributed by atoms with Crippen LogP contribution < -0.4 is 16.0 Å². The second-order valence-corrected chi connectivity index (χ2v) is 5.12. The Bertz CT molecular complexity index is 545. The predicted molar refractivity (Wildman–Crippen MR) is 85.8 cm³/mol. The summed E-state index contributed by atoms with van der Waals surface area (Å²) in [5.74, 6) is -0.741. The van der Waals surface area contributed by atoms with Crippen molar-refractivity contribution in [3.05, 3.63) is 29.8 Å². The summed E-state index contributed by atoms with van der Waals surface area (Å²) in [6.45, 7) is 0.634. The molecule has 1 aliphatic rings. The zero-order valence-corrected chi connectivity index (χ0v) is 13.2. The van der Waals surface area contributed by atoms with Crippen molar-refractivity contribution in [1.29, 1.82) is 0 Å². The second-order valence-electron chi connectivity index (χ2n) is 5.12. The van der Waals surface area contributed by atoms with E-state index in [0.717, 1.165) is 11.3 Å². The summed E-state index contributed by atoms with van der Waals surface area (Å²) in [4.78, 5) is 34.2. The number of hydrogen-bond acceptors (Lipinski definition) is 4. The van der Waals surface area contributed by atoms with Crippen molar-refractivity contribution in [2.75, 3.05) is 18.9 Å². The Labute approximate surface area is 135 Å². The Kier molecular flexibility index (Phi) is 7.01. The standard InChI is InChI=1S/C15H19N3O3.ClH/c1-16-7-6-13(19)17-12-4-2-10(3-5-12)8-11-9-14(20)18-15(11)21;/h2-5,11,16H,6-9H2,1H3,(H,17,19)(H,18,20,21);1H. The van der Waals surface area contributed by atoms with Gasteiger partial charge in [-0.1, -0.05) is 12.1 Å². The highest BCUT2D eigenvalue weighted by molar-refractivity contribution is 6.03. The Morgan fingerprint density at radius 2 is 1.95 bits per heavy atom. The summed E-state index contributed by atoms with van der Waals surface area (Å²) in [6, 6.07) is 7.34. The van der Waals surface area contributed by atoms with Crippen LogP contribution in [-0.4, -0.2) is 31.3 Å². The van der Waals surface area contributed by atoms with Crippen LogP contribution in [0.2, 0.25) is 0 Å². The lowest BCUT2D eigenvalue weighted by molar-refractivity contribution is -0.125. The molecule has 0 bridgehead atoms. The van der Waals surface area contributed by atoms with Gasteiger partial charge in [0.1, 0.15) is 0 Å². The summed E-state index contributed by atoms with van der Waals surface area (Å²) in [7, 11) is 1.80. The third kappa shape index (κ3) is 5.13. The first-order valence-corrected chi connectivity index (χ1v) is 6.95. The van der Waals surface area contributed by atoms with Crippen LogP contribution in [-0.2, 0) is 20.8 Å². The summed E-state index contributed by atoms with van der Waals surface area (Å²) in [5.41, 5.74) is 1.70. The van der Waals surface area contributed by atoms with Crippen molar-refractivity contribution in [2.45, 2.75) is 19.3 Å². The monoisotopic (exact) mass is 325 g/mol. The molecule has 0 radical (unpaired) electrons. The van der Waals surface area contributed by atoms with Gasteiger partial charge in [0.2, 0.25) is 17.7 Å². The van der Waals surface area contributed by atoms with Crippen LogP contribution in [0.5, 0.6) is 0 Å². The number of imide groups is 1. The van der Waals surface area contributed by atoms with Crippen molar-refractivity contribution in [3.8, 4) is 0 Å². The smallest absolute Gasteiger partial charge is 0.230 e. The molecular formula is C15H20ClN3O3. The fraction of sp³-hybridized carbons (Fsp3) is 0.400. The van der Waals surface area contributed by atoms with Gasteiger partial charge in [-0.05, 0) is 31.2 Å². The molecule has 22 heavy (non-hydrogen) atoms. The molecule has 6 nitrogen and oxygen atoms in total. The lowest BCUT2D eigenvalue weighted by Crippen LogP contribution is -2.22. The molecule has 1 heterocycles. The molecule has 1 aromatic carbocycles. The Balaban J connectivity index is 0.00000242. The lowest BCUT2D eigenvalue weighted by atomic mass is 9.98. The average molecular weight is 326 g/mol. The second kappa shape index (κ2) is 8.51. The molecule has 1 saturated heterocycles. The molecule has 3 N–H and O–H groups in total. The lowest BCUT2D eigenvalue weighted by Gasteiger charge is -2.08. The molecule has 0 aromatic heterocycles. The Hall–Kier alpha value is -1.92. The molecule has 1 aliphatic heterocycles. The van der Waals surface area contributed by atoms with Crippen LogP contribution >= 0.6 is 12.4 Å². The molecule has 3 amide bonds. The van der Waals surface area contributed by atoms with Crippen molar-refractivity contribution in [2.24, 2.45) is 5.92 Å². The third-order valence-electron chi connectivity index (χ3n) is 3.39. The van der Waals surface area contributed by atoms with Crippen LogP contribution in [0.4, 0.5) is 5.69 Å². The van der Waals surface area contributed by atoms with E-state index in [2.05, 4.69) is 16.0 Å². The minimum atomic E-state index is -0.284. The van der Waals surface area contributed by atoms with E-state index in [9.17, 15) is 14.4 Å². The predicted octanol–water partition coefficient (Wildman–Crippen LogP) is 0.862. The third-order valence-corrected chi connectivity index (χ3v) is 3.39. The van der Waals surface area contributed by atoms with E-state index in [-0.39, 0.29) is 42.5 Å². The van der Waals surface area contributed by atoms with Gasteiger partial charge in [-0.3, -0.25) is 19.7 Å². The largest absolute Gasteiger partial charge is 0.326 e. The van der Waals surface area contributed by atoms with E-state index < -0.39 is 0 Å². The topological polar surface area (TPSA) is 87.3 Å². The Morgan fingerprint density at radius 3 is 2.50 bits per heavy atom. The molecule has 120 valence electrons. The maximum Gasteiger partial charge on any atom is 0.230 e. The number of nitrogens with one attached hydrogen (secondary N) is 3. The van der Waals surface area contributed by atoms with Gasteiger partial charge >= 0.3 is 0 Å². The van der Waals surface area contributed by atoms with Crippen LogP contribution in [0.15, 0.2) is 24.3 Å². The van der Waals surface area contributed by atoms with Gasteiger partial charge in [0.05, 0.1) is 5.92 Å². The molecule has 2 rings (SSSR count). The quantitative estimate of drug-likeness (QED) is 0.677. The zero-order chi connectivity index (χ0) is 15.2. The van der Waals surface area contributed by atoms with E-state index in [1.165, 1.54) is 0 Å². The number of anilines is 1. The molecule has 1 fully saturated rings. The molecule has 7 heteroatoms. The number of rotatable bonds is 6. The number of hydrogen-bond donors (Lipinski definition) is 3. The number of benzene rings is 1. The summed E-state index contributed by atoms with van der Waals surface area (Å²) >= 11 is 0. The first-order valence-electron chi connectivity index (χ1n) is 6.95. The molecule has 0 saturated carbocycles. The minimum absolute atomic E-state index is 0. The normalized spacial score (nSPS) is 16.9. The molecule has 1 aromatic rings. The van der Waals surface area contributed by atoms with Gasteiger partial charge in [0, 0.05) is 25.1 Å². The number of carbonyl (C=O) groups is 3. The fourth-order valence-corrected chi connectivity index (χ4v) is 2.24. The van der Waals surface area contributed by atoms with Crippen LogP contribution in [0.1, 0.15) is 18.4 Å². The van der Waals surface area contributed by atoms with E-state index in [4.69, 9.17) is 0 Å². The van der Waals surface area contributed by atoms with E-state index >= 15 is 0 Å².